The zero-order valence-electron chi connectivity index (χ0n) is 14.1. The number of likely N-dealkylation sites (tertiary alicyclic amines) is 1. The molecule has 3 rings (SSSR count). The number of anilines is 1. The van der Waals surface area contributed by atoms with Gasteiger partial charge in [0.05, 0.1) is 0 Å². The first-order valence-electron chi connectivity index (χ1n) is 8.62. The standard InChI is InChI=1S/C19H23N3O2S/c23-18(7-6-15-10-13-25-14-15)20-17-8-11-22(12-9-17)19(24)21-16-4-2-1-3-5-16/h1-5,10,13-14,17H,6-9,11-12H2,(H,20,23)(H,21,24). The average molecular weight is 357 g/mol. The molecule has 5 nitrogen and oxygen atoms in total. The maximum Gasteiger partial charge on any atom is 0.321 e. The van der Waals surface area contributed by atoms with E-state index in [4.69, 9.17) is 0 Å². The number of thiophene rings is 1. The van der Waals surface area contributed by atoms with Gasteiger partial charge in [0, 0.05) is 31.2 Å². The van der Waals surface area contributed by atoms with E-state index in [0.29, 0.717) is 19.5 Å². The molecule has 2 aromatic rings. The van der Waals surface area contributed by atoms with Crippen LogP contribution < -0.4 is 10.6 Å². The highest BCUT2D eigenvalue weighted by molar-refractivity contribution is 7.07. The molecule has 2 N–H and O–H groups in total. The van der Waals surface area contributed by atoms with Gasteiger partial charge in [0.2, 0.25) is 5.91 Å². The Hall–Kier alpha value is -2.34. The van der Waals surface area contributed by atoms with Gasteiger partial charge in [-0.15, -0.1) is 0 Å². The second kappa shape index (κ2) is 8.67. The van der Waals surface area contributed by atoms with Crippen molar-refractivity contribution in [2.75, 3.05) is 18.4 Å². The van der Waals surface area contributed by atoms with Crippen molar-refractivity contribution < 1.29 is 9.59 Å². The fraction of sp³-hybridized carbons (Fsp3) is 0.368. The zero-order chi connectivity index (χ0) is 17.5. The quantitative estimate of drug-likeness (QED) is 0.860. The molecule has 0 saturated carbocycles. The molecule has 3 amide bonds. The normalized spacial score (nSPS) is 15.0. The highest BCUT2D eigenvalue weighted by Crippen LogP contribution is 2.14. The predicted octanol–water partition coefficient (Wildman–Crippen LogP) is 3.49. The van der Waals surface area contributed by atoms with Crippen molar-refractivity contribution in [1.82, 2.24) is 10.2 Å². The van der Waals surface area contributed by atoms with Gasteiger partial charge >= 0.3 is 6.03 Å². The Labute approximate surface area is 152 Å². The van der Waals surface area contributed by atoms with Crippen LogP contribution in [0.2, 0.25) is 0 Å². The highest BCUT2D eigenvalue weighted by Gasteiger charge is 2.23. The van der Waals surface area contributed by atoms with E-state index >= 15 is 0 Å². The molecular formula is C19H23N3O2S. The molecule has 0 atom stereocenters. The Morgan fingerprint density at radius 2 is 1.88 bits per heavy atom. The minimum atomic E-state index is -0.0755. The molecule has 0 bridgehead atoms. The van der Waals surface area contributed by atoms with Gasteiger partial charge < -0.3 is 15.5 Å². The van der Waals surface area contributed by atoms with Gasteiger partial charge in [-0.2, -0.15) is 11.3 Å². The summed E-state index contributed by atoms with van der Waals surface area (Å²) in [7, 11) is 0. The third-order valence-electron chi connectivity index (χ3n) is 4.39. The second-order valence-corrected chi connectivity index (χ2v) is 7.04. The van der Waals surface area contributed by atoms with E-state index in [9.17, 15) is 9.59 Å². The molecule has 2 heterocycles. The molecule has 0 radical (unpaired) electrons. The molecule has 25 heavy (non-hydrogen) atoms. The molecule has 0 spiro atoms. The first-order chi connectivity index (χ1) is 12.2. The molecule has 6 heteroatoms. The first-order valence-corrected chi connectivity index (χ1v) is 9.56. The number of amides is 3. The van der Waals surface area contributed by atoms with E-state index in [1.807, 2.05) is 35.7 Å². The van der Waals surface area contributed by atoms with Crippen molar-refractivity contribution in [1.29, 1.82) is 0 Å². The fourth-order valence-electron chi connectivity index (χ4n) is 2.94. The number of carbonyl (C=O) groups is 2. The summed E-state index contributed by atoms with van der Waals surface area (Å²) < 4.78 is 0. The lowest BCUT2D eigenvalue weighted by Gasteiger charge is -2.32. The molecule has 1 saturated heterocycles. The molecule has 1 aliphatic rings. The van der Waals surface area contributed by atoms with E-state index in [1.165, 1.54) is 5.56 Å². The van der Waals surface area contributed by atoms with Gasteiger partial charge in [-0.3, -0.25) is 4.79 Å². The van der Waals surface area contributed by atoms with Gasteiger partial charge in [-0.1, -0.05) is 18.2 Å². The summed E-state index contributed by atoms with van der Waals surface area (Å²) >= 11 is 1.66. The summed E-state index contributed by atoms with van der Waals surface area (Å²) in [6, 6.07) is 11.6. The summed E-state index contributed by atoms with van der Waals surface area (Å²) in [5, 5.41) is 10.1. The minimum Gasteiger partial charge on any atom is -0.353 e. The van der Waals surface area contributed by atoms with Crippen LogP contribution in [0.4, 0.5) is 10.5 Å². The average Bonchev–Trinajstić information content (AvgIpc) is 3.15. The third-order valence-corrected chi connectivity index (χ3v) is 5.13. The van der Waals surface area contributed by atoms with Crippen molar-refractivity contribution in [3.05, 3.63) is 52.7 Å². The molecular weight excluding hydrogens is 334 g/mol. The maximum absolute atomic E-state index is 12.3. The number of carbonyl (C=O) groups excluding carboxylic acids is 2. The number of aryl methyl sites for hydroxylation is 1. The van der Waals surface area contributed by atoms with Crippen molar-refractivity contribution in [3.8, 4) is 0 Å². The molecule has 1 aromatic carbocycles. The van der Waals surface area contributed by atoms with Gasteiger partial charge in [-0.25, -0.2) is 4.79 Å². The number of piperidine rings is 1. The Morgan fingerprint density at radius 1 is 1.12 bits per heavy atom. The third kappa shape index (κ3) is 5.32. The number of urea groups is 1. The molecule has 1 aliphatic heterocycles. The van der Waals surface area contributed by atoms with E-state index < -0.39 is 0 Å². The van der Waals surface area contributed by atoms with Crippen molar-refractivity contribution >= 4 is 29.0 Å². The number of para-hydroxylation sites is 1. The first kappa shape index (κ1) is 17.5. The summed E-state index contributed by atoms with van der Waals surface area (Å²) in [5.41, 5.74) is 2.02. The lowest BCUT2D eigenvalue weighted by atomic mass is 10.0. The Balaban J connectivity index is 1.38. The van der Waals surface area contributed by atoms with E-state index in [-0.39, 0.29) is 18.0 Å². The maximum atomic E-state index is 12.3. The van der Waals surface area contributed by atoms with Gasteiger partial charge in [0.15, 0.2) is 0 Å². The van der Waals surface area contributed by atoms with Crippen LogP contribution in [0.3, 0.4) is 0 Å². The largest absolute Gasteiger partial charge is 0.353 e. The van der Waals surface area contributed by atoms with E-state index in [2.05, 4.69) is 22.1 Å². The number of nitrogens with one attached hydrogen (secondary N) is 2. The van der Waals surface area contributed by atoms with Crippen LogP contribution in [0.1, 0.15) is 24.8 Å². The molecule has 132 valence electrons. The van der Waals surface area contributed by atoms with Crippen LogP contribution >= 0.6 is 11.3 Å². The van der Waals surface area contributed by atoms with Crippen LogP contribution in [0.5, 0.6) is 0 Å². The van der Waals surface area contributed by atoms with Crippen molar-refractivity contribution in [3.63, 3.8) is 0 Å². The van der Waals surface area contributed by atoms with Crippen LogP contribution in [0.15, 0.2) is 47.2 Å². The van der Waals surface area contributed by atoms with Crippen LogP contribution in [0.25, 0.3) is 0 Å². The highest BCUT2D eigenvalue weighted by atomic mass is 32.1. The zero-order valence-corrected chi connectivity index (χ0v) is 14.9. The fourth-order valence-corrected chi connectivity index (χ4v) is 3.65. The number of nitrogens with zero attached hydrogens (tertiary/aromatic N) is 1. The number of hydrogen-bond donors (Lipinski definition) is 2. The molecule has 1 fully saturated rings. The number of rotatable bonds is 5. The monoisotopic (exact) mass is 357 g/mol. The smallest absolute Gasteiger partial charge is 0.321 e. The summed E-state index contributed by atoms with van der Waals surface area (Å²) in [6.45, 7) is 1.32. The van der Waals surface area contributed by atoms with Gasteiger partial charge in [0.1, 0.15) is 0 Å². The predicted molar refractivity (Wildman–Crippen MR) is 101 cm³/mol. The lowest BCUT2D eigenvalue weighted by molar-refractivity contribution is -0.122. The minimum absolute atomic E-state index is 0.0755. The Bertz CT molecular complexity index is 680. The van der Waals surface area contributed by atoms with E-state index in [1.54, 1.807) is 16.2 Å². The Kier molecular flexibility index (Phi) is 6.06. The van der Waals surface area contributed by atoms with Crippen LogP contribution in [-0.4, -0.2) is 36.0 Å². The molecule has 0 unspecified atom stereocenters. The SMILES string of the molecule is O=C(CCc1ccsc1)NC1CCN(C(=O)Nc2ccccc2)CC1. The lowest BCUT2D eigenvalue weighted by Crippen LogP contribution is -2.47. The van der Waals surface area contributed by atoms with Gasteiger partial charge in [-0.05, 0) is 53.8 Å². The van der Waals surface area contributed by atoms with Crippen LogP contribution in [-0.2, 0) is 11.2 Å². The summed E-state index contributed by atoms with van der Waals surface area (Å²) in [6.07, 6.45) is 2.90. The van der Waals surface area contributed by atoms with Gasteiger partial charge in [0.25, 0.3) is 0 Å². The topological polar surface area (TPSA) is 61.4 Å². The van der Waals surface area contributed by atoms with Crippen molar-refractivity contribution in [2.24, 2.45) is 0 Å². The number of benzene rings is 1. The summed E-state index contributed by atoms with van der Waals surface area (Å²) in [5.74, 6) is 0.0957. The van der Waals surface area contributed by atoms with E-state index in [0.717, 1.165) is 24.9 Å². The Morgan fingerprint density at radius 3 is 2.56 bits per heavy atom. The number of hydrogen-bond acceptors (Lipinski definition) is 3. The molecule has 0 aliphatic carbocycles. The molecule has 1 aromatic heterocycles. The van der Waals surface area contributed by atoms with Crippen LogP contribution in [0, 0.1) is 0 Å². The second-order valence-electron chi connectivity index (χ2n) is 6.26. The van der Waals surface area contributed by atoms with Crippen molar-refractivity contribution in [2.45, 2.75) is 31.7 Å². The summed E-state index contributed by atoms with van der Waals surface area (Å²) in [4.78, 5) is 26.1.